The molecule has 1 aliphatic heterocycles. The molecule has 0 unspecified atom stereocenters. The molecular formula is C20H23FN2O. The van der Waals surface area contributed by atoms with Crippen molar-refractivity contribution in [1.82, 2.24) is 9.80 Å². The van der Waals surface area contributed by atoms with E-state index in [2.05, 4.69) is 41.0 Å². The van der Waals surface area contributed by atoms with Crippen LogP contribution in [0.4, 0.5) is 4.39 Å². The Balaban J connectivity index is 1.54. The standard InChI is InChI=1S/C20H23FN2O/c1-16-13-22(14-17-5-3-2-4-6-17)11-12-23(16)15-20(24)18-7-9-19(21)10-8-18/h2-10,16H,11-15H2,1H3/t16-/m0/s1. The molecule has 1 aliphatic rings. The predicted octanol–water partition coefficient (Wildman–Crippen LogP) is 3.21. The first-order valence-corrected chi connectivity index (χ1v) is 8.41. The van der Waals surface area contributed by atoms with Gasteiger partial charge in [-0.1, -0.05) is 30.3 Å². The van der Waals surface area contributed by atoms with Gasteiger partial charge >= 0.3 is 0 Å². The van der Waals surface area contributed by atoms with Gasteiger partial charge in [0.15, 0.2) is 5.78 Å². The van der Waals surface area contributed by atoms with Gasteiger partial charge in [-0.3, -0.25) is 14.6 Å². The van der Waals surface area contributed by atoms with Crippen LogP contribution in [0.15, 0.2) is 54.6 Å². The summed E-state index contributed by atoms with van der Waals surface area (Å²) in [5, 5.41) is 0. The summed E-state index contributed by atoms with van der Waals surface area (Å²) >= 11 is 0. The van der Waals surface area contributed by atoms with Gasteiger partial charge in [-0.05, 0) is 36.8 Å². The largest absolute Gasteiger partial charge is 0.296 e. The summed E-state index contributed by atoms with van der Waals surface area (Å²) in [7, 11) is 0. The van der Waals surface area contributed by atoms with Crippen LogP contribution in [0.3, 0.4) is 0 Å². The van der Waals surface area contributed by atoms with Gasteiger partial charge in [0.2, 0.25) is 0 Å². The van der Waals surface area contributed by atoms with Crippen LogP contribution in [0.5, 0.6) is 0 Å². The monoisotopic (exact) mass is 326 g/mol. The molecule has 0 saturated carbocycles. The zero-order valence-electron chi connectivity index (χ0n) is 14.0. The lowest BCUT2D eigenvalue weighted by molar-refractivity contribution is 0.0657. The number of carbonyl (C=O) groups excluding carboxylic acids is 1. The molecule has 0 spiro atoms. The molecule has 0 radical (unpaired) electrons. The molecule has 2 aromatic carbocycles. The van der Waals surface area contributed by atoms with E-state index in [0.29, 0.717) is 18.2 Å². The lowest BCUT2D eigenvalue weighted by atomic mass is 10.1. The Labute approximate surface area is 142 Å². The van der Waals surface area contributed by atoms with E-state index in [1.54, 1.807) is 12.1 Å². The van der Waals surface area contributed by atoms with Crippen LogP contribution < -0.4 is 0 Å². The summed E-state index contributed by atoms with van der Waals surface area (Å²) in [6.07, 6.45) is 0. The third-order valence-corrected chi connectivity index (χ3v) is 4.61. The minimum Gasteiger partial charge on any atom is -0.296 e. The number of Topliss-reactive ketones (excluding diaryl/α,β-unsaturated/α-hetero) is 1. The molecular weight excluding hydrogens is 303 g/mol. The maximum absolute atomic E-state index is 13.0. The molecule has 0 N–H and O–H groups in total. The van der Waals surface area contributed by atoms with Crippen molar-refractivity contribution in [1.29, 1.82) is 0 Å². The molecule has 4 heteroatoms. The molecule has 126 valence electrons. The number of carbonyl (C=O) groups is 1. The smallest absolute Gasteiger partial charge is 0.176 e. The molecule has 2 aromatic rings. The normalized spacial score (nSPS) is 19.3. The molecule has 0 aliphatic carbocycles. The number of ketones is 1. The number of piperazine rings is 1. The van der Waals surface area contributed by atoms with Crippen molar-refractivity contribution in [3.63, 3.8) is 0 Å². The minimum atomic E-state index is -0.311. The van der Waals surface area contributed by atoms with Gasteiger partial charge in [0.1, 0.15) is 5.82 Å². The molecule has 0 aromatic heterocycles. The summed E-state index contributed by atoms with van der Waals surface area (Å²) in [5.74, 6) is -0.257. The second-order valence-electron chi connectivity index (χ2n) is 6.47. The van der Waals surface area contributed by atoms with Crippen molar-refractivity contribution in [2.24, 2.45) is 0 Å². The molecule has 1 atom stereocenters. The van der Waals surface area contributed by atoms with Gasteiger partial charge in [-0.15, -0.1) is 0 Å². The third-order valence-electron chi connectivity index (χ3n) is 4.61. The van der Waals surface area contributed by atoms with E-state index in [1.807, 2.05) is 6.07 Å². The number of halogens is 1. The fourth-order valence-corrected chi connectivity index (χ4v) is 3.20. The van der Waals surface area contributed by atoms with Gasteiger partial charge in [-0.2, -0.15) is 0 Å². The van der Waals surface area contributed by atoms with Crippen LogP contribution in [0.2, 0.25) is 0 Å². The number of nitrogens with zero attached hydrogens (tertiary/aromatic N) is 2. The Morgan fingerprint density at radius 3 is 2.46 bits per heavy atom. The van der Waals surface area contributed by atoms with E-state index >= 15 is 0 Å². The fraction of sp³-hybridized carbons (Fsp3) is 0.350. The minimum absolute atomic E-state index is 0.0540. The number of rotatable bonds is 5. The van der Waals surface area contributed by atoms with E-state index in [4.69, 9.17) is 0 Å². The van der Waals surface area contributed by atoms with Gasteiger partial charge in [0.25, 0.3) is 0 Å². The quantitative estimate of drug-likeness (QED) is 0.788. The first kappa shape index (κ1) is 16.8. The number of benzene rings is 2. The van der Waals surface area contributed by atoms with Crippen LogP contribution in [0.1, 0.15) is 22.8 Å². The molecule has 3 rings (SSSR count). The van der Waals surface area contributed by atoms with Gasteiger partial charge < -0.3 is 0 Å². The molecule has 24 heavy (non-hydrogen) atoms. The molecule has 0 bridgehead atoms. The third kappa shape index (κ3) is 4.28. The highest BCUT2D eigenvalue weighted by atomic mass is 19.1. The molecule has 1 saturated heterocycles. The van der Waals surface area contributed by atoms with E-state index in [9.17, 15) is 9.18 Å². The van der Waals surface area contributed by atoms with Crippen molar-refractivity contribution in [2.45, 2.75) is 19.5 Å². The zero-order chi connectivity index (χ0) is 16.9. The lowest BCUT2D eigenvalue weighted by Gasteiger charge is -2.39. The Morgan fingerprint density at radius 1 is 1.08 bits per heavy atom. The van der Waals surface area contributed by atoms with Crippen molar-refractivity contribution in [3.8, 4) is 0 Å². The Hall–Kier alpha value is -2.04. The Kier molecular flexibility index (Phi) is 5.38. The number of hydrogen-bond acceptors (Lipinski definition) is 3. The van der Waals surface area contributed by atoms with Gasteiger partial charge in [0.05, 0.1) is 6.54 Å². The molecule has 3 nitrogen and oxygen atoms in total. The van der Waals surface area contributed by atoms with Crippen LogP contribution in [0.25, 0.3) is 0 Å². The highest BCUT2D eigenvalue weighted by Crippen LogP contribution is 2.14. The zero-order valence-corrected chi connectivity index (χ0v) is 14.0. The number of hydrogen-bond donors (Lipinski definition) is 0. The van der Waals surface area contributed by atoms with Crippen molar-refractivity contribution in [3.05, 3.63) is 71.5 Å². The maximum Gasteiger partial charge on any atom is 0.176 e. The van der Waals surface area contributed by atoms with Crippen LogP contribution in [-0.4, -0.2) is 47.8 Å². The summed E-state index contributed by atoms with van der Waals surface area (Å²) in [6.45, 7) is 6.29. The summed E-state index contributed by atoms with van der Waals surface area (Å²) in [6, 6.07) is 16.6. The SMILES string of the molecule is C[C@H]1CN(Cc2ccccc2)CCN1CC(=O)c1ccc(F)cc1. The second-order valence-corrected chi connectivity index (χ2v) is 6.47. The Morgan fingerprint density at radius 2 is 1.79 bits per heavy atom. The Bertz CT molecular complexity index is 672. The topological polar surface area (TPSA) is 23.6 Å². The van der Waals surface area contributed by atoms with Crippen LogP contribution in [0, 0.1) is 5.82 Å². The lowest BCUT2D eigenvalue weighted by Crippen LogP contribution is -2.52. The maximum atomic E-state index is 13.0. The van der Waals surface area contributed by atoms with Gasteiger partial charge in [0, 0.05) is 37.8 Å². The molecule has 1 heterocycles. The van der Waals surface area contributed by atoms with E-state index < -0.39 is 0 Å². The summed E-state index contributed by atoms with van der Waals surface area (Å²) in [5.41, 5.74) is 1.90. The molecule has 1 fully saturated rings. The highest BCUT2D eigenvalue weighted by Gasteiger charge is 2.25. The first-order chi connectivity index (χ1) is 11.6. The summed E-state index contributed by atoms with van der Waals surface area (Å²) in [4.78, 5) is 17.0. The van der Waals surface area contributed by atoms with Crippen LogP contribution in [-0.2, 0) is 6.54 Å². The second kappa shape index (κ2) is 7.69. The first-order valence-electron chi connectivity index (χ1n) is 8.41. The van der Waals surface area contributed by atoms with E-state index in [0.717, 1.165) is 26.2 Å². The molecule has 0 amide bonds. The van der Waals surface area contributed by atoms with Gasteiger partial charge in [-0.25, -0.2) is 4.39 Å². The van der Waals surface area contributed by atoms with E-state index in [1.165, 1.54) is 17.7 Å². The van der Waals surface area contributed by atoms with Crippen LogP contribution >= 0.6 is 0 Å². The summed E-state index contributed by atoms with van der Waals surface area (Å²) < 4.78 is 13.0. The highest BCUT2D eigenvalue weighted by molar-refractivity contribution is 5.97. The fourth-order valence-electron chi connectivity index (χ4n) is 3.20. The van der Waals surface area contributed by atoms with Crippen molar-refractivity contribution in [2.75, 3.05) is 26.2 Å². The predicted molar refractivity (Wildman–Crippen MR) is 93.5 cm³/mol. The van der Waals surface area contributed by atoms with E-state index in [-0.39, 0.29) is 11.6 Å². The average molecular weight is 326 g/mol. The average Bonchev–Trinajstić information content (AvgIpc) is 2.59. The van der Waals surface area contributed by atoms with Crippen molar-refractivity contribution < 1.29 is 9.18 Å². The van der Waals surface area contributed by atoms with Crippen molar-refractivity contribution >= 4 is 5.78 Å².